The Bertz CT molecular complexity index is 575. The lowest BCUT2D eigenvalue weighted by molar-refractivity contribution is 0.871. The van der Waals surface area contributed by atoms with E-state index in [1.54, 1.807) is 11.8 Å². The molecule has 1 aromatic heterocycles. The van der Waals surface area contributed by atoms with E-state index in [1.807, 2.05) is 32.0 Å². The van der Waals surface area contributed by atoms with Crippen molar-refractivity contribution in [3.63, 3.8) is 0 Å². The maximum absolute atomic E-state index is 6.13. The lowest BCUT2D eigenvalue weighted by Gasteiger charge is -2.09. The van der Waals surface area contributed by atoms with Gasteiger partial charge in [0.1, 0.15) is 16.0 Å². The molecule has 2 nitrogen and oxygen atoms in total. The number of aryl methyl sites for hydroxylation is 1. The second-order valence-electron chi connectivity index (χ2n) is 3.75. The fourth-order valence-electron chi connectivity index (χ4n) is 1.40. The molecule has 0 saturated heterocycles. The van der Waals surface area contributed by atoms with Crippen LogP contribution in [0.2, 0.25) is 5.15 Å². The number of hydrogen-bond donors (Lipinski definition) is 0. The predicted octanol–water partition coefficient (Wildman–Crippen LogP) is 4.91. The van der Waals surface area contributed by atoms with Crippen LogP contribution in [0.25, 0.3) is 0 Å². The summed E-state index contributed by atoms with van der Waals surface area (Å²) in [4.78, 5) is 9.90. The van der Waals surface area contributed by atoms with Crippen molar-refractivity contribution in [3.8, 4) is 0 Å². The van der Waals surface area contributed by atoms with Gasteiger partial charge in [0.15, 0.2) is 0 Å². The van der Waals surface area contributed by atoms with Crippen LogP contribution in [0.15, 0.2) is 38.7 Å². The van der Waals surface area contributed by atoms with E-state index in [0.29, 0.717) is 5.15 Å². The van der Waals surface area contributed by atoms with Crippen LogP contribution in [-0.4, -0.2) is 9.97 Å². The summed E-state index contributed by atoms with van der Waals surface area (Å²) in [6, 6.07) is 8.06. The van der Waals surface area contributed by atoms with Gasteiger partial charge < -0.3 is 0 Å². The molecule has 0 saturated carbocycles. The number of rotatable bonds is 3. The quantitative estimate of drug-likeness (QED) is 0.740. The van der Waals surface area contributed by atoms with Gasteiger partial charge in [-0.15, -0.1) is 0 Å². The van der Waals surface area contributed by atoms with Gasteiger partial charge in [-0.1, -0.05) is 42.4 Å². The van der Waals surface area contributed by atoms with Gasteiger partial charge in [-0.2, -0.15) is 0 Å². The number of nitrogens with zero attached hydrogens (tertiary/aromatic N) is 2. The summed E-state index contributed by atoms with van der Waals surface area (Å²) in [6.07, 6.45) is 0.781. The summed E-state index contributed by atoms with van der Waals surface area (Å²) >= 11 is 11.3. The second kappa shape index (κ2) is 6.04. The molecule has 0 amide bonds. The highest BCUT2D eigenvalue weighted by molar-refractivity contribution is 9.10. The molecular formula is C13H12BrClN2S. The molecule has 94 valence electrons. The molecule has 5 heteroatoms. The Labute approximate surface area is 124 Å². The molecule has 0 aliphatic carbocycles. The molecule has 0 aliphatic heterocycles. The van der Waals surface area contributed by atoms with Crippen molar-refractivity contribution < 1.29 is 0 Å². The minimum absolute atomic E-state index is 0.538. The van der Waals surface area contributed by atoms with Crippen molar-refractivity contribution in [1.29, 1.82) is 0 Å². The average molecular weight is 344 g/mol. The monoisotopic (exact) mass is 342 g/mol. The standard InChI is InChI=1S/C13H12BrClN2S/c1-3-11-16-12(15)8(2)13(17-11)18-10-7-5-4-6-9(10)14/h4-7H,3H2,1-2H3. The van der Waals surface area contributed by atoms with Crippen molar-refractivity contribution in [2.24, 2.45) is 0 Å². The highest BCUT2D eigenvalue weighted by atomic mass is 79.9. The zero-order valence-corrected chi connectivity index (χ0v) is 13.2. The number of aromatic nitrogens is 2. The summed E-state index contributed by atoms with van der Waals surface area (Å²) in [5.41, 5.74) is 0.926. The van der Waals surface area contributed by atoms with E-state index in [0.717, 1.165) is 32.2 Å². The van der Waals surface area contributed by atoms with Crippen molar-refractivity contribution in [2.75, 3.05) is 0 Å². The molecule has 0 radical (unpaired) electrons. The molecule has 2 rings (SSSR count). The van der Waals surface area contributed by atoms with E-state index >= 15 is 0 Å². The lowest BCUT2D eigenvalue weighted by Crippen LogP contribution is -1.98. The van der Waals surface area contributed by atoms with Gasteiger partial charge in [0.2, 0.25) is 0 Å². The third-order valence-electron chi connectivity index (χ3n) is 2.45. The maximum Gasteiger partial charge on any atom is 0.136 e. The van der Waals surface area contributed by atoms with Crippen LogP contribution in [0.4, 0.5) is 0 Å². The van der Waals surface area contributed by atoms with Gasteiger partial charge in [-0.3, -0.25) is 0 Å². The van der Waals surface area contributed by atoms with Crippen LogP contribution in [0, 0.1) is 6.92 Å². The van der Waals surface area contributed by atoms with Gasteiger partial charge in [0, 0.05) is 21.4 Å². The van der Waals surface area contributed by atoms with Crippen LogP contribution in [0.1, 0.15) is 18.3 Å². The van der Waals surface area contributed by atoms with E-state index in [1.165, 1.54) is 0 Å². The van der Waals surface area contributed by atoms with Gasteiger partial charge in [0.25, 0.3) is 0 Å². The molecular weight excluding hydrogens is 332 g/mol. The molecule has 0 unspecified atom stereocenters. The fraction of sp³-hybridized carbons (Fsp3) is 0.231. The Morgan fingerprint density at radius 2 is 2.00 bits per heavy atom. The Morgan fingerprint density at radius 1 is 1.28 bits per heavy atom. The first kappa shape index (κ1) is 13.8. The normalized spacial score (nSPS) is 10.7. The number of halogens is 2. The Kier molecular flexibility index (Phi) is 4.65. The van der Waals surface area contributed by atoms with Crippen molar-refractivity contribution in [3.05, 3.63) is 45.3 Å². The zero-order valence-electron chi connectivity index (χ0n) is 10.1. The smallest absolute Gasteiger partial charge is 0.136 e. The van der Waals surface area contributed by atoms with Crippen LogP contribution < -0.4 is 0 Å². The summed E-state index contributed by atoms with van der Waals surface area (Å²) in [6.45, 7) is 3.97. The van der Waals surface area contributed by atoms with Gasteiger partial charge >= 0.3 is 0 Å². The summed E-state index contributed by atoms with van der Waals surface area (Å²) in [7, 11) is 0. The third-order valence-corrected chi connectivity index (χ3v) is 4.94. The van der Waals surface area contributed by atoms with E-state index < -0.39 is 0 Å². The molecule has 0 fully saturated rings. The summed E-state index contributed by atoms with van der Waals surface area (Å²) < 4.78 is 1.06. The van der Waals surface area contributed by atoms with Crippen molar-refractivity contribution in [1.82, 2.24) is 9.97 Å². The first-order chi connectivity index (χ1) is 8.61. The fourth-order valence-corrected chi connectivity index (χ4v) is 3.09. The zero-order chi connectivity index (χ0) is 13.1. The molecule has 0 N–H and O–H groups in total. The average Bonchev–Trinajstić information content (AvgIpc) is 2.37. The van der Waals surface area contributed by atoms with Crippen molar-refractivity contribution >= 4 is 39.3 Å². The lowest BCUT2D eigenvalue weighted by atomic mass is 10.3. The highest BCUT2D eigenvalue weighted by Gasteiger charge is 2.11. The van der Waals surface area contributed by atoms with E-state index in [9.17, 15) is 0 Å². The number of benzene rings is 1. The highest BCUT2D eigenvalue weighted by Crippen LogP contribution is 2.35. The van der Waals surface area contributed by atoms with Crippen LogP contribution in [0.5, 0.6) is 0 Å². The van der Waals surface area contributed by atoms with Gasteiger partial charge in [-0.25, -0.2) is 9.97 Å². The molecule has 1 heterocycles. The van der Waals surface area contributed by atoms with Crippen molar-refractivity contribution in [2.45, 2.75) is 30.2 Å². The molecule has 0 aliphatic rings. The third kappa shape index (κ3) is 3.05. The molecule has 0 atom stereocenters. The van der Waals surface area contributed by atoms with Gasteiger partial charge in [0.05, 0.1) is 0 Å². The SMILES string of the molecule is CCc1nc(Cl)c(C)c(Sc2ccccc2Br)n1. The molecule has 1 aromatic carbocycles. The maximum atomic E-state index is 6.13. The summed E-state index contributed by atoms with van der Waals surface area (Å²) in [5.74, 6) is 0.778. The number of hydrogen-bond acceptors (Lipinski definition) is 3. The molecule has 2 aromatic rings. The Morgan fingerprint density at radius 3 is 2.67 bits per heavy atom. The van der Waals surface area contributed by atoms with Crippen LogP contribution >= 0.6 is 39.3 Å². The minimum Gasteiger partial charge on any atom is -0.226 e. The van der Waals surface area contributed by atoms with Crippen LogP contribution in [0.3, 0.4) is 0 Å². The minimum atomic E-state index is 0.538. The topological polar surface area (TPSA) is 25.8 Å². The van der Waals surface area contributed by atoms with E-state index in [4.69, 9.17) is 11.6 Å². The summed E-state index contributed by atoms with van der Waals surface area (Å²) in [5, 5.41) is 1.45. The van der Waals surface area contributed by atoms with Crippen LogP contribution in [-0.2, 0) is 6.42 Å². The van der Waals surface area contributed by atoms with Gasteiger partial charge in [-0.05, 0) is 35.0 Å². The van der Waals surface area contributed by atoms with E-state index in [2.05, 4.69) is 32.0 Å². The Hall–Kier alpha value is -0.580. The predicted molar refractivity (Wildman–Crippen MR) is 79.4 cm³/mol. The first-order valence-electron chi connectivity index (χ1n) is 5.57. The molecule has 18 heavy (non-hydrogen) atoms. The Balaban J connectivity index is 2.40. The largest absolute Gasteiger partial charge is 0.226 e. The molecule has 0 bridgehead atoms. The van der Waals surface area contributed by atoms with E-state index in [-0.39, 0.29) is 0 Å². The first-order valence-corrected chi connectivity index (χ1v) is 7.56. The molecule has 0 spiro atoms. The second-order valence-corrected chi connectivity index (χ2v) is 5.99.